The topological polar surface area (TPSA) is 124 Å². The molecule has 0 saturated carbocycles. The van der Waals surface area contributed by atoms with Gasteiger partial charge in [-0.05, 0) is 62.4 Å². The lowest BCUT2D eigenvalue weighted by Crippen LogP contribution is -2.49. The highest BCUT2D eigenvalue weighted by atomic mass is 33.1. The second kappa shape index (κ2) is 18.4. The minimum absolute atomic E-state index is 0.0500. The van der Waals surface area contributed by atoms with Crippen LogP contribution < -0.4 is 20.4 Å². The Hall–Kier alpha value is -3.78. The first-order chi connectivity index (χ1) is 22.4. The summed E-state index contributed by atoms with van der Waals surface area (Å²) >= 11 is 0. The minimum Gasteiger partial charge on any atom is -0.450 e. The molecule has 0 aliphatic carbocycles. The summed E-state index contributed by atoms with van der Waals surface area (Å²) in [5.74, 6) is 1.20. The summed E-state index contributed by atoms with van der Waals surface area (Å²) in [4.78, 5) is 56.5. The van der Waals surface area contributed by atoms with Gasteiger partial charge in [-0.25, -0.2) is 9.59 Å². The number of hydrogen-bond acceptors (Lipinski definition) is 10. The molecule has 2 aliphatic rings. The first-order valence-corrected chi connectivity index (χ1v) is 18.2. The number of nitrogens with one attached hydrogen (secondary N) is 2. The quantitative estimate of drug-likeness (QED) is 0.222. The smallest absolute Gasteiger partial charge is 0.409 e. The van der Waals surface area contributed by atoms with E-state index in [9.17, 15) is 19.2 Å². The number of nitrogens with zero attached hydrogens (tertiary/aromatic N) is 4. The average Bonchev–Trinajstić information content (AvgIpc) is 3.07. The third kappa shape index (κ3) is 10.9. The van der Waals surface area contributed by atoms with Crippen LogP contribution in [0, 0.1) is 0 Å². The van der Waals surface area contributed by atoms with E-state index >= 15 is 0 Å². The molecule has 0 atom stereocenters. The van der Waals surface area contributed by atoms with E-state index in [2.05, 4.69) is 20.4 Å². The van der Waals surface area contributed by atoms with E-state index in [-0.39, 0.29) is 24.0 Å². The Balaban J connectivity index is 1.05. The summed E-state index contributed by atoms with van der Waals surface area (Å²) in [6.45, 7) is 9.76. The number of piperazine rings is 2. The molecule has 4 rings (SSSR count). The van der Waals surface area contributed by atoms with E-state index in [0.29, 0.717) is 63.7 Å². The highest BCUT2D eigenvalue weighted by Crippen LogP contribution is 2.25. The van der Waals surface area contributed by atoms with Crippen LogP contribution in [0.3, 0.4) is 0 Å². The van der Waals surface area contributed by atoms with Crippen LogP contribution in [-0.2, 0) is 19.1 Å². The molecule has 250 valence electrons. The molecule has 2 aliphatic heterocycles. The van der Waals surface area contributed by atoms with Crippen molar-refractivity contribution in [2.24, 2.45) is 0 Å². The second-order valence-electron chi connectivity index (χ2n) is 10.7. The fourth-order valence-corrected chi connectivity index (χ4v) is 7.05. The number of hydrogen-bond donors (Lipinski definition) is 2. The largest absolute Gasteiger partial charge is 0.450 e. The Labute approximate surface area is 278 Å². The SMILES string of the molecule is CCOC(=O)N1CCN(c2ccc(NC(=O)CCSSCCC(=O)Nc3ccc(N4CCN(C(=O)OCC)CC4)cc3)cc2)CC1. The Kier molecular flexibility index (Phi) is 14.0. The van der Waals surface area contributed by atoms with Gasteiger partial charge in [0.25, 0.3) is 0 Å². The molecule has 2 saturated heterocycles. The monoisotopic (exact) mass is 672 g/mol. The third-order valence-electron chi connectivity index (χ3n) is 7.55. The Morgan fingerprint density at radius 3 is 1.26 bits per heavy atom. The Morgan fingerprint density at radius 1 is 0.587 bits per heavy atom. The second-order valence-corrected chi connectivity index (χ2v) is 13.4. The molecule has 12 nitrogen and oxygen atoms in total. The maximum absolute atomic E-state index is 12.4. The zero-order valence-electron chi connectivity index (χ0n) is 26.6. The molecule has 2 aromatic carbocycles. The number of benzene rings is 2. The van der Waals surface area contributed by atoms with Crippen molar-refractivity contribution in [3.8, 4) is 0 Å². The van der Waals surface area contributed by atoms with Crippen molar-refractivity contribution in [2.45, 2.75) is 26.7 Å². The van der Waals surface area contributed by atoms with Crippen molar-refractivity contribution >= 4 is 68.3 Å². The summed E-state index contributed by atoms with van der Waals surface area (Å²) in [6, 6.07) is 15.5. The van der Waals surface area contributed by atoms with Gasteiger partial charge in [0.2, 0.25) is 11.8 Å². The van der Waals surface area contributed by atoms with Crippen LogP contribution in [0.5, 0.6) is 0 Å². The van der Waals surface area contributed by atoms with Gasteiger partial charge in [-0.2, -0.15) is 0 Å². The zero-order chi connectivity index (χ0) is 32.7. The van der Waals surface area contributed by atoms with Gasteiger partial charge in [-0.15, -0.1) is 0 Å². The molecule has 2 aromatic rings. The molecule has 14 heteroatoms. The van der Waals surface area contributed by atoms with Gasteiger partial charge < -0.3 is 39.7 Å². The standard InChI is InChI=1S/C32H44N6O6S2/c1-3-43-31(41)37-19-15-35(16-20-37)27-9-5-25(6-10-27)33-29(39)13-23-45-46-24-14-30(40)34-26-7-11-28(12-8-26)36-17-21-38(22-18-36)32(42)44-4-2/h5-12H,3-4,13-24H2,1-2H3,(H,33,39)(H,34,40). The predicted molar refractivity (Wildman–Crippen MR) is 186 cm³/mol. The van der Waals surface area contributed by atoms with Gasteiger partial charge in [-0.3, -0.25) is 9.59 Å². The normalized spacial score (nSPS) is 14.9. The molecule has 0 unspecified atom stereocenters. The highest BCUT2D eigenvalue weighted by Gasteiger charge is 2.23. The highest BCUT2D eigenvalue weighted by molar-refractivity contribution is 8.76. The first kappa shape index (κ1) is 35.1. The summed E-state index contributed by atoms with van der Waals surface area (Å²) in [7, 11) is 3.17. The van der Waals surface area contributed by atoms with Crippen molar-refractivity contribution in [1.82, 2.24) is 9.80 Å². The van der Waals surface area contributed by atoms with E-state index in [0.717, 1.165) is 48.9 Å². The maximum Gasteiger partial charge on any atom is 0.409 e. The molecule has 0 spiro atoms. The minimum atomic E-state index is -0.262. The van der Waals surface area contributed by atoms with Crippen LogP contribution in [0.4, 0.5) is 32.3 Å². The predicted octanol–water partition coefficient (Wildman–Crippen LogP) is 4.98. The van der Waals surface area contributed by atoms with Crippen molar-refractivity contribution in [2.75, 3.05) is 97.5 Å². The zero-order valence-corrected chi connectivity index (χ0v) is 28.2. The first-order valence-electron chi connectivity index (χ1n) is 15.7. The number of rotatable bonds is 13. The number of ether oxygens (including phenoxy) is 2. The molecule has 0 bridgehead atoms. The van der Waals surface area contributed by atoms with Crippen LogP contribution in [0.1, 0.15) is 26.7 Å². The number of anilines is 4. The molecule has 2 fully saturated rings. The van der Waals surface area contributed by atoms with E-state index in [1.165, 1.54) is 0 Å². The van der Waals surface area contributed by atoms with Crippen molar-refractivity contribution in [1.29, 1.82) is 0 Å². The number of carbonyl (C=O) groups is 4. The van der Waals surface area contributed by atoms with E-state index in [4.69, 9.17) is 9.47 Å². The van der Waals surface area contributed by atoms with Crippen LogP contribution in [0.15, 0.2) is 48.5 Å². The average molecular weight is 673 g/mol. The van der Waals surface area contributed by atoms with Crippen LogP contribution >= 0.6 is 21.6 Å². The van der Waals surface area contributed by atoms with Crippen molar-refractivity contribution < 1.29 is 28.7 Å². The van der Waals surface area contributed by atoms with E-state index < -0.39 is 0 Å². The summed E-state index contributed by atoms with van der Waals surface area (Å²) in [6.07, 6.45) is 0.236. The van der Waals surface area contributed by atoms with Gasteiger partial charge >= 0.3 is 12.2 Å². The van der Waals surface area contributed by atoms with Gasteiger partial charge in [0, 0.05) is 99.5 Å². The molecule has 4 amide bonds. The molecule has 0 radical (unpaired) electrons. The van der Waals surface area contributed by atoms with Crippen molar-refractivity contribution in [3.05, 3.63) is 48.5 Å². The Morgan fingerprint density at radius 2 is 0.935 bits per heavy atom. The molecule has 2 N–H and O–H groups in total. The summed E-state index contributed by atoms with van der Waals surface area (Å²) in [5, 5.41) is 5.89. The van der Waals surface area contributed by atoms with Crippen LogP contribution in [0.2, 0.25) is 0 Å². The number of carbonyl (C=O) groups excluding carboxylic acids is 4. The molecular formula is C32H44N6O6S2. The fraction of sp³-hybridized carbons (Fsp3) is 0.500. The molecule has 46 heavy (non-hydrogen) atoms. The summed E-state index contributed by atoms with van der Waals surface area (Å²) < 4.78 is 10.2. The lowest BCUT2D eigenvalue weighted by molar-refractivity contribution is -0.116. The fourth-order valence-electron chi connectivity index (χ4n) is 5.07. The lowest BCUT2D eigenvalue weighted by atomic mass is 10.2. The number of amides is 4. The van der Waals surface area contributed by atoms with Crippen molar-refractivity contribution in [3.63, 3.8) is 0 Å². The van der Waals surface area contributed by atoms with Crippen LogP contribution in [0.25, 0.3) is 0 Å². The van der Waals surface area contributed by atoms with E-state index in [1.54, 1.807) is 45.2 Å². The van der Waals surface area contributed by atoms with Gasteiger partial charge in [0.1, 0.15) is 0 Å². The van der Waals surface area contributed by atoms with Gasteiger partial charge in [-0.1, -0.05) is 21.6 Å². The van der Waals surface area contributed by atoms with Gasteiger partial charge in [0.15, 0.2) is 0 Å². The molecule has 2 heterocycles. The lowest BCUT2D eigenvalue weighted by Gasteiger charge is -2.35. The van der Waals surface area contributed by atoms with E-state index in [1.807, 2.05) is 48.5 Å². The molecule has 0 aromatic heterocycles. The van der Waals surface area contributed by atoms with Crippen LogP contribution in [-0.4, -0.2) is 111 Å². The molecular weight excluding hydrogens is 629 g/mol. The van der Waals surface area contributed by atoms with Gasteiger partial charge in [0.05, 0.1) is 13.2 Å². The Bertz CT molecular complexity index is 1180. The summed E-state index contributed by atoms with van der Waals surface area (Å²) in [5.41, 5.74) is 3.60. The third-order valence-corrected chi connectivity index (χ3v) is 9.96. The maximum atomic E-state index is 12.4.